The number of hydrogen-bond donors (Lipinski definition) is 1. The summed E-state index contributed by atoms with van der Waals surface area (Å²) in [5.74, 6) is -0.641. The molecule has 116 valence electrons. The minimum Gasteiger partial charge on any atom is -0.385 e. The first-order valence-electron chi connectivity index (χ1n) is 6.92. The van der Waals surface area contributed by atoms with Crippen LogP contribution in [-0.4, -0.2) is 11.6 Å². The van der Waals surface area contributed by atoms with Crippen LogP contribution in [0.4, 0.5) is 5.69 Å². The van der Waals surface area contributed by atoms with Crippen LogP contribution < -0.4 is 10.7 Å². The van der Waals surface area contributed by atoms with Crippen molar-refractivity contribution in [2.24, 2.45) is 16.8 Å². The second-order valence-electron chi connectivity index (χ2n) is 5.01. The number of carbonyl (C=O) groups excluding carboxylic acids is 1. The lowest BCUT2D eigenvalue weighted by Gasteiger charge is -2.23. The van der Waals surface area contributed by atoms with Gasteiger partial charge in [-0.2, -0.15) is 5.10 Å². The Balaban J connectivity index is 1.86. The summed E-state index contributed by atoms with van der Waals surface area (Å²) in [5.41, 5.74) is 7.23. The standard InChI is InChI=1S/C17H13Cl2N3O/c18-11-6-7-13(15(19)10-11)16(23)14-8-9-22(21-17(14)20)12-4-2-1-3-5-12/h1-10,14H,(H2,20,21). The van der Waals surface area contributed by atoms with Crippen molar-refractivity contribution in [3.8, 4) is 0 Å². The van der Waals surface area contributed by atoms with Gasteiger partial charge in [-0.3, -0.25) is 4.79 Å². The van der Waals surface area contributed by atoms with E-state index in [4.69, 9.17) is 28.9 Å². The number of para-hydroxylation sites is 1. The first kappa shape index (κ1) is 15.6. The third-order valence-corrected chi connectivity index (χ3v) is 4.01. The minimum absolute atomic E-state index is 0.211. The number of benzene rings is 2. The van der Waals surface area contributed by atoms with Crippen molar-refractivity contribution < 1.29 is 4.79 Å². The van der Waals surface area contributed by atoms with Crippen molar-refractivity contribution in [1.82, 2.24) is 0 Å². The molecule has 4 nitrogen and oxygen atoms in total. The molecule has 1 unspecified atom stereocenters. The van der Waals surface area contributed by atoms with Crippen molar-refractivity contribution in [1.29, 1.82) is 0 Å². The monoisotopic (exact) mass is 345 g/mol. The smallest absolute Gasteiger partial charge is 0.178 e. The van der Waals surface area contributed by atoms with Crippen LogP contribution in [0.25, 0.3) is 0 Å². The highest BCUT2D eigenvalue weighted by Gasteiger charge is 2.26. The number of halogens is 2. The van der Waals surface area contributed by atoms with E-state index < -0.39 is 5.92 Å². The SMILES string of the molecule is NC1=NN(c2ccccc2)C=CC1C(=O)c1ccc(Cl)cc1Cl. The van der Waals surface area contributed by atoms with E-state index >= 15 is 0 Å². The zero-order valence-corrected chi connectivity index (χ0v) is 13.5. The van der Waals surface area contributed by atoms with Crippen LogP contribution in [0.2, 0.25) is 10.0 Å². The quantitative estimate of drug-likeness (QED) is 0.852. The molecule has 1 atom stereocenters. The van der Waals surface area contributed by atoms with Crippen LogP contribution in [0.1, 0.15) is 10.4 Å². The molecule has 0 amide bonds. The van der Waals surface area contributed by atoms with Gasteiger partial charge >= 0.3 is 0 Å². The van der Waals surface area contributed by atoms with Crippen molar-refractivity contribution in [3.63, 3.8) is 0 Å². The molecule has 0 saturated heterocycles. The molecular formula is C17H13Cl2N3O. The highest BCUT2D eigenvalue weighted by molar-refractivity contribution is 6.37. The lowest BCUT2D eigenvalue weighted by atomic mass is 9.96. The number of amidine groups is 1. The van der Waals surface area contributed by atoms with Crippen LogP contribution >= 0.6 is 23.2 Å². The van der Waals surface area contributed by atoms with Gasteiger partial charge in [0.25, 0.3) is 0 Å². The number of rotatable bonds is 3. The van der Waals surface area contributed by atoms with Crippen LogP contribution in [-0.2, 0) is 0 Å². The third kappa shape index (κ3) is 3.23. The first-order chi connectivity index (χ1) is 11.1. The molecule has 0 fully saturated rings. The lowest BCUT2D eigenvalue weighted by molar-refractivity contribution is 0.0971. The van der Waals surface area contributed by atoms with Gasteiger partial charge in [-0.1, -0.05) is 41.4 Å². The molecule has 0 aliphatic carbocycles. The number of carbonyl (C=O) groups is 1. The van der Waals surface area contributed by atoms with Crippen LogP contribution in [0.3, 0.4) is 0 Å². The molecule has 0 spiro atoms. The summed E-state index contributed by atoms with van der Waals surface area (Å²) in [7, 11) is 0. The molecule has 2 N–H and O–H groups in total. The largest absolute Gasteiger partial charge is 0.385 e. The molecule has 1 heterocycles. The highest BCUT2D eigenvalue weighted by atomic mass is 35.5. The van der Waals surface area contributed by atoms with E-state index in [-0.39, 0.29) is 11.6 Å². The molecule has 2 aromatic carbocycles. The summed E-state index contributed by atoms with van der Waals surface area (Å²) in [6, 6.07) is 14.3. The Labute approximate surface area is 143 Å². The van der Waals surface area contributed by atoms with E-state index in [1.165, 1.54) is 6.07 Å². The Morgan fingerprint density at radius 2 is 1.87 bits per heavy atom. The predicted molar refractivity (Wildman–Crippen MR) is 94.0 cm³/mol. The van der Waals surface area contributed by atoms with Gasteiger partial charge in [-0.05, 0) is 36.4 Å². The molecule has 0 radical (unpaired) electrons. The average Bonchev–Trinajstić information content (AvgIpc) is 2.55. The average molecular weight is 346 g/mol. The molecule has 2 aromatic rings. The predicted octanol–water partition coefficient (Wildman–Crippen LogP) is 4.10. The number of hydrogen-bond acceptors (Lipinski definition) is 4. The molecule has 1 aliphatic heterocycles. The minimum atomic E-state index is -0.645. The Bertz CT molecular complexity index is 803. The van der Waals surface area contributed by atoms with Crippen LogP contribution in [0, 0.1) is 5.92 Å². The van der Waals surface area contributed by atoms with Gasteiger partial charge in [-0.25, -0.2) is 5.01 Å². The van der Waals surface area contributed by atoms with E-state index in [2.05, 4.69) is 5.10 Å². The Morgan fingerprint density at radius 1 is 1.13 bits per heavy atom. The Morgan fingerprint density at radius 3 is 2.52 bits per heavy atom. The summed E-state index contributed by atoms with van der Waals surface area (Å²) < 4.78 is 0. The van der Waals surface area contributed by atoms with E-state index in [0.29, 0.717) is 15.6 Å². The van der Waals surface area contributed by atoms with Crippen LogP contribution in [0.15, 0.2) is 65.9 Å². The molecule has 3 rings (SSSR count). The molecule has 6 heteroatoms. The van der Waals surface area contributed by atoms with E-state index in [0.717, 1.165) is 5.69 Å². The van der Waals surface area contributed by atoms with Crippen molar-refractivity contribution in [3.05, 3.63) is 76.4 Å². The van der Waals surface area contributed by atoms with Crippen molar-refractivity contribution in [2.45, 2.75) is 0 Å². The van der Waals surface area contributed by atoms with Gasteiger partial charge in [0.1, 0.15) is 11.8 Å². The molecule has 0 bridgehead atoms. The maximum absolute atomic E-state index is 12.6. The summed E-state index contributed by atoms with van der Waals surface area (Å²) in [6.45, 7) is 0. The maximum Gasteiger partial charge on any atom is 0.178 e. The lowest BCUT2D eigenvalue weighted by Crippen LogP contribution is -2.34. The summed E-state index contributed by atoms with van der Waals surface area (Å²) in [5, 5.41) is 6.68. The molecule has 1 aliphatic rings. The van der Waals surface area contributed by atoms with Gasteiger partial charge in [-0.15, -0.1) is 0 Å². The number of nitrogens with zero attached hydrogens (tertiary/aromatic N) is 2. The number of nitrogens with two attached hydrogens (primary N) is 1. The normalized spacial score (nSPS) is 17.0. The van der Waals surface area contributed by atoms with Crippen molar-refractivity contribution >= 4 is 40.5 Å². The van der Waals surface area contributed by atoms with Gasteiger partial charge in [0, 0.05) is 16.8 Å². The molecule has 23 heavy (non-hydrogen) atoms. The first-order valence-corrected chi connectivity index (χ1v) is 7.67. The van der Waals surface area contributed by atoms with E-state index in [9.17, 15) is 4.79 Å². The van der Waals surface area contributed by atoms with E-state index in [1.54, 1.807) is 29.4 Å². The number of hydrazone groups is 1. The highest BCUT2D eigenvalue weighted by Crippen LogP contribution is 2.26. The number of ketones is 1. The van der Waals surface area contributed by atoms with E-state index in [1.807, 2.05) is 30.3 Å². The fraction of sp³-hybridized carbons (Fsp3) is 0.0588. The second-order valence-corrected chi connectivity index (χ2v) is 5.86. The topological polar surface area (TPSA) is 58.7 Å². The van der Waals surface area contributed by atoms with Gasteiger partial charge < -0.3 is 5.73 Å². The van der Waals surface area contributed by atoms with Gasteiger partial charge in [0.15, 0.2) is 5.78 Å². The summed E-state index contributed by atoms with van der Waals surface area (Å²) >= 11 is 12.0. The fourth-order valence-electron chi connectivity index (χ4n) is 2.29. The zero-order valence-electron chi connectivity index (χ0n) is 12.0. The number of anilines is 1. The van der Waals surface area contributed by atoms with Gasteiger partial charge in [0.05, 0.1) is 10.7 Å². The Kier molecular flexibility index (Phi) is 4.37. The fourth-order valence-corrected chi connectivity index (χ4v) is 2.79. The van der Waals surface area contributed by atoms with Crippen LogP contribution in [0.5, 0.6) is 0 Å². The number of Topliss-reactive ketones (excluding diaryl/α,β-unsaturated/α-hetero) is 1. The molecule has 0 aromatic heterocycles. The second kappa shape index (κ2) is 6.44. The van der Waals surface area contributed by atoms with Crippen molar-refractivity contribution in [2.75, 3.05) is 5.01 Å². The zero-order chi connectivity index (χ0) is 16.4. The third-order valence-electron chi connectivity index (χ3n) is 3.46. The molecular weight excluding hydrogens is 333 g/mol. The maximum atomic E-state index is 12.6. The molecule has 0 saturated carbocycles. The Hall–Kier alpha value is -2.30. The summed E-state index contributed by atoms with van der Waals surface area (Å²) in [6.07, 6.45) is 3.43. The van der Waals surface area contributed by atoms with Gasteiger partial charge in [0.2, 0.25) is 0 Å². The summed E-state index contributed by atoms with van der Waals surface area (Å²) in [4.78, 5) is 12.6.